The molecule has 0 amide bonds. The molecule has 1 aromatic heterocycles. The van der Waals surface area contributed by atoms with E-state index in [1.54, 1.807) is 0 Å². The first-order valence-corrected chi connectivity index (χ1v) is 6.41. The second-order valence-corrected chi connectivity index (χ2v) is 4.95. The molecule has 0 atom stereocenters. The van der Waals surface area contributed by atoms with Gasteiger partial charge in [0.1, 0.15) is 5.75 Å². The molecule has 0 aliphatic carbocycles. The normalized spacial score (nSPS) is 10.6. The quantitative estimate of drug-likeness (QED) is 0.912. The van der Waals surface area contributed by atoms with Crippen LogP contribution in [0.25, 0.3) is 0 Å². The molecule has 1 heterocycles. The van der Waals surface area contributed by atoms with E-state index in [9.17, 15) is 4.79 Å². The minimum Gasteiger partial charge on any atom is -0.476 e. The predicted molar refractivity (Wildman–Crippen MR) is 69.7 cm³/mol. The molecule has 0 spiro atoms. The van der Waals surface area contributed by atoms with Gasteiger partial charge in [-0.2, -0.15) is 4.98 Å². The largest absolute Gasteiger partial charge is 0.476 e. The molecule has 1 N–H and O–H groups in total. The molecule has 0 bridgehead atoms. The Kier molecular flexibility index (Phi) is 3.62. The van der Waals surface area contributed by atoms with Crippen molar-refractivity contribution in [2.75, 3.05) is 0 Å². The number of rotatable bonds is 4. The van der Waals surface area contributed by atoms with Crippen molar-refractivity contribution in [3.63, 3.8) is 0 Å². The third-order valence-electron chi connectivity index (χ3n) is 2.43. The first-order valence-electron chi connectivity index (χ1n) is 5.53. The first-order chi connectivity index (χ1) is 8.56. The zero-order valence-corrected chi connectivity index (χ0v) is 10.9. The highest BCUT2D eigenvalue weighted by Gasteiger charge is 2.10. The van der Waals surface area contributed by atoms with E-state index in [2.05, 4.69) is 18.8 Å². The first kappa shape index (κ1) is 12.6. The summed E-state index contributed by atoms with van der Waals surface area (Å²) in [5, 5.41) is 10.6. The van der Waals surface area contributed by atoms with Crippen molar-refractivity contribution in [2.24, 2.45) is 0 Å². The summed E-state index contributed by atoms with van der Waals surface area (Å²) in [6, 6.07) is 7.71. The molecule has 18 heavy (non-hydrogen) atoms. The van der Waals surface area contributed by atoms with Gasteiger partial charge in [0.05, 0.1) is 0 Å². The van der Waals surface area contributed by atoms with E-state index in [0.29, 0.717) is 16.9 Å². The van der Waals surface area contributed by atoms with Crippen LogP contribution in [0.15, 0.2) is 29.6 Å². The van der Waals surface area contributed by atoms with Crippen LogP contribution in [0.4, 0.5) is 0 Å². The van der Waals surface area contributed by atoms with Crippen molar-refractivity contribution in [3.8, 4) is 10.9 Å². The van der Waals surface area contributed by atoms with Gasteiger partial charge in [0.2, 0.25) is 0 Å². The number of carboxylic acids is 1. The highest BCUT2D eigenvalue weighted by atomic mass is 32.1. The number of thiazole rings is 1. The van der Waals surface area contributed by atoms with Crippen LogP contribution >= 0.6 is 11.3 Å². The zero-order valence-electron chi connectivity index (χ0n) is 10.1. The van der Waals surface area contributed by atoms with E-state index in [-0.39, 0.29) is 5.69 Å². The number of carbonyl (C=O) groups is 1. The van der Waals surface area contributed by atoms with E-state index >= 15 is 0 Å². The van der Waals surface area contributed by atoms with Crippen molar-refractivity contribution in [2.45, 2.75) is 19.8 Å². The second-order valence-electron chi connectivity index (χ2n) is 4.13. The van der Waals surface area contributed by atoms with Crippen LogP contribution in [-0.2, 0) is 0 Å². The van der Waals surface area contributed by atoms with E-state index in [1.165, 1.54) is 22.3 Å². The number of aromatic nitrogens is 1. The number of hydrogen-bond acceptors (Lipinski definition) is 4. The number of benzene rings is 1. The minimum absolute atomic E-state index is 0.00927. The van der Waals surface area contributed by atoms with Gasteiger partial charge in [0, 0.05) is 5.38 Å². The number of ether oxygens (including phenoxy) is 1. The Morgan fingerprint density at radius 1 is 1.44 bits per heavy atom. The number of carboxylic acid groups (broad SMARTS) is 1. The van der Waals surface area contributed by atoms with Gasteiger partial charge in [0.15, 0.2) is 5.69 Å². The van der Waals surface area contributed by atoms with Crippen molar-refractivity contribution in [3.05, 3.63) is 40.9 Å². The molecule has 2 aromatic rings. The van der Waals surface area contributed by atoms with Gasteiger partial charge < -0.3 is 9.84 Å². The van der Waals surface area contributed by atoms with Gasteiger partial charge >= 0.3 is 5.97 Å². The molecule has 4 nitrogen and oxygen atoms in total. The highest BCUT2D eigenvalue weighted by molar-refractivity contribution is 7.11. The molecule has 0 unspecified atom stereocenters. The van der Waals surface area contributed by atoms with Crippen LogP contribution in [0.1, 0.15) is 35.8 Å². The summed E-state index contributed by atoms with van der Waals surface area (Å²) in [5.74, 6) is 0.0453. The third-order valence-corrected chi connectivity index (χ3v) is 3.15. The van der Waals surface area contributed by atoms with Crippen LogP contribution in [0.3, 0.4) is 0 Å². The second kappa shape index (κ2) is 5.18. The Morgan fingerprint density at radius 2 is 2.22 bits per heavy atom. The molecule has 0 radical (unpaired) electrons. The number of nitrogens with zero attached hydrogens (tertiary/aromatic N) is 1. The van der Waals surface area contributed by atoms with Crippen LogP contribution in [0.2, 0.25) is 0 Å². The third kappa shape index (κ3) is 2.87. The monoisotopic (exact) mass is 263 g/mol. The topological polar surface area (TPSA) is 59.4 Å². The van der Waals surface area contributed by atoms with Crippen molar-refractivity contribution < 1.29 is 14.6 Å². The molecular formula is C13H13NO3S. The van der Waals surface area contributed by atoms with Gasteiger partial charge in [-0.05, 0) is 23.6 Å². The summed E-state index contributed by atoms with van der Waals surface area (Å²) < 4.78 is 5.54. The van der Waals surface area contributed by atoms with E-state index < -0.39 is 5.97 Å². The van der Waals surface area contributed by atoms with Crippen molar-refractivity contribution in [1.82, 2.24) is 4.98 Å². The fourth-order valence-electron chi connectivity index (χ4n) is 1.44. The van der Waals surface area contributed by atoms with Gasteiger partial charge in [-0.1, -0.05) is 37.3 Å². The Morgan fingerprint density at radius 3 is 2.83 bits per heavy atom. The molecule has 2 rings (SSSR count). The SMILES string of the molecule is CC(C)c1cccc(Oc2nc(C(=O)O)cs2)c1. The average Bonchev–Trinajstić information content (AvgIpc) is 2.78. The Balaban J connectivity index is 2.17. The van der Waals surface area contributed by atoms with Crippen LogP contribution in [0.5, 0.6) is 10.9 Å². The number of hydrogen-bond donors (Lipinski definition) is 1. The average molecular weight is 263 g/mol. The summed E-state index contributed by atoms with van der Waals surface area (Å²) in [7, 11) is 0. The Hall–Kier alpha value is -1.88. The van der Waals surface area contributed by atoms with Crippen LogP contribution < -0.4 is 4.74 Å². The van der Waals surface area contributed by atoms with Crippen LogP contribution in [0, 0.1) is 0 Å². The van der Waals surface area contributed by atoms with E-state index in [4.69, 9.17) is 9.84 Å². The summed E-state index contributed by atoms with van der Waals surface area (Å²) in [6.45, 7) is 4.20. The lowest BCUT2D eigenvalue weighted by Crippen LogP contribution is -1.96. The fourth-order valence-corrected chi connectivity index (χ4v) is 2.10. The van der Waals surface area contributed by atoms with Crippen molar-refractivity contribution in [1.29, 1.82) is 0 Å². The summed E-state index contributed by atoms with van der Waals surface area (Å²) >= 11 is 1.17. The Bertz CT molecular complexity index is 563. The molecular weight excluding hydrogens is 250 g/mol. The maximum Gasteiger partial charge on any atom is 0.355 e. The maximum atomic E-state index is 10.7. The van der Waals surface area contributed by atoms with Gasteiger partial charge in [-0.25, -0.2) is 4.79 Å². The van der Waals surface area contributed by atoms with Gasteiger partial charge in [-0.15, -0.1) is 0 Å². The molecule has 0 saturated heterocycles. The summed E-state index contributed by atoms with van der Waals surface area (Å²) in [4.78, 5) is 14.6. The lowest BCUT2D eigenvalue weighted by Gasteiger charge is -2.07. The minimum atomic E-state index is -1.04. The van der Waals surface area contributed by atoms with Crippen LogP contribution in [-0.4, -0.2) is 16.1 Å². The maximum absolute atomic E-state index is 10.7. The Labute approximate surface area is 109 Å². The molecule has 5 heteroatoms. The standard InChI is InChI=1S/C13H13NO3S/c1-8(2)9-4-3-5-10(6-9)17-13-14-11(7-18-13)12(15)16/h3-8H,1-2H3,(H,15,16). The molecule has 94 valence electrons. The number of aromatic carboxylic acids is 1. The molecule has 0 aliphatic rings. The molecule has 0 saturated carbocycles. The van der Waals surface area contributed by atoms with Crippen molar-refractivity contribution >= 4 is 17.3 Å². The van der Waals surface area contributed by atoms with E-state index in [0.717, 1.165) is 0 Å². The lowest BCUT2D eigenvalue weighted by molar-refractivity contribution is 0.0690. The lowest BCUT2D eigenvalue weighted by atomic mass is 10.0. The predicted octanol–water partition coefficient (Wildman–Crippen LogP) is 3.76. The summed E-state index contributed by atoms with van der Waals surface area (Å²) in [6.07, 6.45) is 0. The van der Waals surface area contributed by atoms with Gasteiger partial charge in [0.25, 0.3) is 5.19 Å². The zero-order chi connectivity index (χ0) is 13.1. The van der Waals surface area contributed by atoms with E-state index in [1.807, 2.05) is 24.3 Å². The molecule has 0 fully saturated rings. The highest BCUT2D eigenvalue weighted by Crippen LogP contribution is 2.27. The molecule has 1 aromatic carbocycles. The summed E-state index contributed by atoms with van der Waals surface area (Å²) in [5.41, 5.74) is 1.18. The molecule has 0 aliphatic heterocycles. The fraction of sp³-hybridized carbons (Fsp3) is 0.231. The van der Waals surface area contributed by atoms with Gasteiger partial charge in [-0.3, -0.25) is 0 Å². The smallest absolute Gasteiger partial charge is 0.355 e.